The number of ether oxygens (including phenoxy) is 1. The lowest BCUT2D eigenvalue weighted by Crippen LogP contribution is -2.08. The second-order valence-electron chi connectivity index (χ2n) is 3.55. The highest BCUT2D eigenvalue weighted by Crippen LogP contribution is 2.41. The lowest BCUT2D eigenvalue weighted by atomic mass is 10.0. The molecule has 0 atom stereocenters. The van der Waals surface area contributed by atoms with Crippen LogP contribution in [0.4, 0.5) is 13.2 Å². The molecule has 90 valence electrons. The van der Waals surface area contributed by atoms with Gasteiger partial charge in [0.05, 0.1) is 7.11 Å². The fourth-order valence-electron chi connectivity index (χ4n) is 1.76. The van der Waals surface area contributed by atoms with Crippen LogP contribution < -0.4 is 4.74 Å². The minimum Gasteiger partial charge on any atom is -0.496 e. The molecule has 0 heterocycles. The van der Waals surface area contributed by atoms with Crippen LogP contribution in [-0.2, 0) is 6.18 Å². The van der Waals surface area contributed by atoms with Crippen molar-refractivity contribution in [2.45, 2.75) is 11.1 Å². The van der Waals surface area contributed by atoms with Crippen molar-refractivity contribution in [3.05, 3.63) is 35.9 Å². The van der Waals surface area contributed by atoms with Crippen molar-refractivity contribution in [1.82, 2.24) is 0 Å². The SMILES string of the molecule is COc1ccc2cc(S)ccc2c1C(F)(F)F. The van der Waals surface area contributed by atoms with Crippen molar-refractivity contribution in [2.75, 3.05) is 7.11 Å². The van der Waals surface area contributed by atoms with Crippen LogP contribution in [0.3, 0.4) is 0 Å². The Labute approximate surface area is 102 Å². The molecule has 0 aliphatic rings. The van der Waals surface area contributed by atoms with Gasteiger partial charge in [0.15, 0.2) is 0 Å². The van der Waals surface area contributed by atoms with Crippen LogP contribution in [0.2, 0.25) is 0 Å². The van der Waals surface area contributed by atoms with Crippen LogP contribution in [0.15, 0.2) is 35.2 Å². The van der Waals surface area contributed by atoms with Crippen LogP contribution in [0, 0.1) is 0 Å². The van der Waals surface area contributed by atoms with Crippen molar-refractivity contribution in [3.8, 4) is 5.75 Å². The summed E-state index contributed by atoms with van der Waals surface area (Å²) in [6, 6.07) is 7.43. The first-order valence-corrected chi connectivity index (χ1v) is 5.25. The van der Waals surface area contributed by atoms with Gasteiger partial charge in [-0.3, -0.25) is 0 Å². The van der Waals surface area contributed by atoms with Gasteiger partial charge in [-0.25, -0.2) is 0 Å². The number of halogens is 3. The normalized spacial score (nSPS) is 11.8. The Morgan fingerprint density at radius 1 is 1.12 bits per heavy atom. The third kappa shape index (κ3) is 2.20. The predicted octanol–water partition coefficient (Wildman–Crippen LogP) is 4.16. The van der Waals surface area contributed by atoms with Crippen molar-refractivity contribution >= 4 is 23.4 Å². The molecule has 0 fully saturated rings. The van der Waals surface area contributed by atoms with E-state index in [1.807, 2.05) is 0 Å². The van der Waals surface area contributed by atoms with Gasteiger partial charge in [-0.1, -0.05) is 12.1 Å². The first kappa shape index (κ1) is 12.1. The smallest absolute Gasteiger partial charge is 0.420 e. The van der Waals surface area contributed by atoms with Gasteiger partial charge in [0.1, 0.15) is 11.3 Å². The Kier molecular flexibility index (Phi) is 2.95. The number of hydrogen-bond acceptors (Lipinski definition) is 2. The number of hydrogen-bond donors (Lipinski definition) is 1. The van der Waals surface area contributed by atoms with E-state index in [1.165, 1.54) is 25.3 Å². The average Bonchev–Trinajstić information content (AvgIpc) is 2.25. The number of rotatable bonds is 1. The standard InChI is InChI=1S/C12H9F3OS/c1-16-10-5-2-7-6-8(17)3-4-9(7)11(10)12(13,14)15/h2-6,17H,1H3. The molecule has 0 bridgehead atoms. The number of methoxy groups -OCH3 is 1. The number of alkyl halides is 3. The Morgan fingerprint density at radius 3 is 2.41 bits per heavy atom. The maximum atomic E-state index is 13.0. The van der Waals surface area contributed by atoms with Crippen molar-refractivity contribution < 1.29 is 17.9 Å². The van der Waals surface area contributed by atoms with Crippen LogP contribution in [0.5, 0.6) is 5.75 Å². The third-order valence-corrected chi connectivity index (χ3v) is 2.75. The maximum absolute atomic E-state index is 13.0. The van der Waals surface area contributed by atoms with Gasteiger partial charge in [0.25, 0.3) is 0 Å². The molecule has 0 spiro atoms. The molecule has 1 nitrogen and oxygen atoms in total. The summed E-state index contributed by atoms with van der Waals surface area (Å²) in [4.78, 5) is 0.621. The highest BCUT2D eigenvalue weighted by Gasteiger charge is 2.36. The van der Waals surface area contributed by atoms with Gasteiger partial charge in [0, 0.05) is 4.90 Å². The van der Waals surface area contributed by atoms with E-state index < -0.39 is 11.7 Å². The Balaban J connectivity index is 2.84. The molecule has 0 aliphatic heterocycles. The van der Waals surface area contributed by atoms with Gasteiger partial charge >= 0.3 is 6.18 Å². The molecule has 5 heteroatoms. The molecule has 0 saturated heterocycles. The molecule has 17 heavy (non-hydrogen) atoms. The van der Waals surface area contributed by atoms with Crippen LogP contribution >= 0.6 is 12.6 Å². The minimum atomic E-state index is -4.44. The zero-order chi connectivity index (χ0) is 12.6. The summed E-state index contributed by atoms with van der Waals surface area (Å²) in [5, 5.41) is 0.611. The van der Waals surface area contributed by atoms with E-state index in [1.54, 1.807) is 12.1 Å². The topological polar surface area (TPSA) is 9.23 Å². The average molecular weight is 258 g/mol. The molecule has 0 saturated carbocycles. The lowest BCUT2D eigenvalue weighted by Gasteiger charge is -2.14. The van der Waals surface area contributed by atoms with E-state index >= 15 is 0 Å². The third-order valence-electron chi connectivity index (χ3n) is 2.47. The van der Waals surface area contributed by atoms with Gasteiger partial charge in [-0.05, 0) is 29.0 Å². The number of benzene rings is 2. The second-order valence-corrected chi connectivity index (χ2v) is 4.06. The molecule has 2 aromatic rings. The molecule has 0 N–H and O–H groups in total. The van der Waals surface area contributed by atoms with E-state index in [4.69, 9.17) is 4.74 Å². The quantitative estimate of drug-likeness (QED) is 0.756. The van der Waals surface area contributed by atoms with Gasteiger partial charge in [-0.2, -0.15) is 13.2 Å². The van der Waals surface area contributed by atoms with Crippen molar-refractivity contribution in [2.24, 2.45) is 0 Å². The second kappa shape index (κ2) is 4.14. The van der Waals surface area contributed by atoms with Crippen LogP contribution in [-0.4, -0.2) is 7.11 Å². The van der Waals surface area contributed by atoms with Gasteiger partial charge < -0.3 is 4.74 Å². The minimum absolute atomic E-state index is 0.120. The number of thiol groups is 1. The molecule has 0 aromatic heterocycles. The Morgan fingerprint density at radius 2 is 1.82 bits per heavy atom. The lowest BCUT2D eigenvalue weighted by molar-refractivity contribution is -0.137. The van der Waals surface area contributed by atoms with E-state index in [9.17, 15) is 13.2 Å². The van der Waals surface area contributed by atoms with E-state index in [-0.39, 0.29) is 11.1 Å². The van der Waals surface area contributed by atoms with Gasteiger partial charge in [-0.15, -0.1) is 12.6 Å². The zero-order valence-electron chi connectivity index (χ0n) is 8.88. The van der Waals surface area contributed by atoms with Crippen LogP contribution in [0.1, 0.15) is 5.56 Å². The predicted molar refractivity (Wildman–Crippen MR) is 62.8 cm³/mol. The first-order chi connectivity index (χ1) is 7.93. The van der Waals surface area contributed by atoms with E-state index in [0.29, 0.717) is 10.3 Å². The molecular weight excluding hydrogens is 249 g/mol. The fourth-order valence-corrected chi connectivity index (χ4v) is 1.97. The largest absolute Gasteiger partial charge is 0.496 e. The zero-order valence-corrected chi connectivity index (χ0v) is 9.77. The monoisotopic (exact) mass is 258 g/mol. The summed E-state index contributed by atoms with van der Waals surface area (Å²) in [6.45, 7) is 0. The van der Waals surface area contributed by atoms with Gasteiger partial charge in [0.2, 0.25) is 0 Å². The summed E-state index contributed by atoms with van der Waals surface area (Å²) in [5.41, 5.74) is -0.745. The highest BCUT2D eigenvalue weighted by atomic mass is 32.1. The van der Waals surface area contributed by atoms with Crippen LogP contribution in [0.25, 0.3) is 10.8 Å². The van der Waals surface area contributed by atoms with E-state index in [2.05, 4.69) is 12.6 Å². The molecule has 2 aromatic carbocycles. The van der Waals surface area contributed by atoms with Crippen molar-refractivity contribution in [3.63, 3.8) is 0 Å². The summed E-state index contributed by atoms with van der Waals surface area (Å²) in [6.07, 6.45) is -4.44. The molecule has 0 unspecified atom stereocenters. The molecule has 0 amide bonds. The van der Waals surface area contributed by atoms with E-state index in [0.717, 1.165) is 0 Å². The highest BCUT2D eigenvalue weighted by molar-refractivity contribution is 7.80. The van der Waals surface area contributed by atoms with Crippen molar-refractivity contribution in [1.29, 1.82) is 0 Å². The summed E-state index contributed by atoms with van der Waals surface area (Å²) >= 11 is 4.10. The Bertz CT molecular complexity index is 563. The first-order valence-electron chi connectivity index (χ1n) is 4.80. The summed E-state index contributed by atoms with van der Waals surface area (Å²) in [5.74, 6) is -0.170. The molecule has 2 rings (SSSR count). The summed E-state index contributed by atoms with van der Waals surface area (Å²) < 4.78 is 43.7. The number of fused-ring (bicyclic) bond motifs is 1. The maximum Gasteiger partial charge on any atom is 0.420 e. The summed E-state index contributed by atoms with van der Waals surface area (Å²) in [7, 11) is 1.23. The fraction of sp³-hybridized carbons (Fsp3) is 0.167. The molecular formula is C12H9F3OS. The Hall–Kier alpha value is -1.36. The molecule has 0 aliphatic carbocycles. The molecule has 0 radical (unpaired) electrons.